The van der Waals surface area contributed by atoms with Gasteiger partial charge in [-0.3, -0.25) is 4.79 Å². The molecule has 2 aromatic rings. The average molecular weight is 456 g/mol. The van der Waals surface area contributed by atoms with Crippen molar-refractivity contribution in [3.8, 4) is 17.4 Å². The number of carbonyl (C=O) groups is 2. The number of carbonyl (C=O) groups excluding carboxylic acids is 2. The molecular weight excluding hydrogens is 428 g/mol. The summed E-state index contributed by atoms with van der Waals surface area (Å²) < 4.78 is 16.8. The van der Waals surface area contributed by atoms with Gasteiger partial charge in [-0.25, -0.2) is 9.78 Å². The summed E-state index contributed by atoms with van der Waals surface area (Å²) in [6, 6.07) is 7.85. The van der Waals surface area contributed by atoms with Crippen LogP contribution in [0, 0.1) is 5.92 Å². The summed E-state index contributed by atoms with van der Waals surface area (Å²) in [4.78, 5) is 33.3. The summed E-state index contributed by atoms with van der Waals surface area (Å²) in [6.07, 6.45) is 1.14. The summed E-state index contributed by atoms with van der Waals surface area (Å²) in [6.45, 7) is 4.39. The number of benzene rings is 1. The quantitative estimate of drug-likeness (QED) is 0.709. The lowest BCUT2D eigenvalue weighted by Crippen LogP contribution is -2.50. The van der Waals surface area contributed by atoms with Crippen molar-refractivity contribution in [1.29, 1.82) is 0 Å². The summed E-state index contributed by atoms with van der Waals surface area (Å²) in [5.74, 6) is 1.08. The van der Waals surface area contributed by atoms with Gasteiger partial charge in [-0.05, 0) is 31.2 Å². The van der Waals surface area contributed by atoms with Crippen LogP contribution in [-0.4, -0.2) is 77.5 Å². The SMILES string of the molecule is C[C@H](CO)N1C[C@H](C)[C@H](CN(C)C(=O)Nc2ccc3c(c2)OCO3)Oc2ncccc2C1=O. The number of nitrogens with one attached hydrogen (secondary N) is 1. The number of hydrogen-bond acceptors (Lipinski definition) is 7. The smallest absolute Gasteiger partial charge is 0.321 e. The number of ether oxygens (including phenoxy) is 3. The van der Waals surface area contributed by atoms with Crippen LogP contribution in [0.25, 0.3) is 0 Å². The second-order valence-corrected chi connectivity index (χ2v) is 8.36. The molecular formula is C23H28N4O6. The molecule has 0 saturated carbocycles. The summed E-state index contributed by atoms with van der Waals surface area (Å²) in [7, 11) is 1.68. The molecule has 1 aromatic heterocycles. The third-order valence-electron chi connectivity index (χ3n) is 5.87. The monoisotopic (exact) mass is 456 g/mol. The van der Waals surface area contributed by atoms with Crippen LogP contribution >= 0.6 is 0 Å². The van der Waals surface area contributed by atoms with Crippen molar-refractivity contribution >= 4 is 17.6 Å². The number of aliphatic hydroxyl groups is 1. The Bertz CT molecular complexity index is 1030. The highest BCUT2D eigenvalue weighted by Crippen LogP contribution is 2.34. The lowest BCUT2D eigenvalue weighted by Gasteiger charge is -2.37. The second-order valence-electron chi connectivity index (χ2n) is 8.36. The molecule has 3 heterocycles. The van der Waals surface area contributed by atoms with Crippen molar-refractivity contribution in [1.82, 2.24) is 14.8 Å². The lowest BCUT2D eigenvalue weighted by atomic mass is 10.0. The number of rotatable bonds is 5. The molecule has 3 atom stereocenters. The van der Waals surface area contributed by atoms with Crippen LogP contribution < -0.4 is 19.5 Å². The van der Waals surface area contributed by atoms with Gasteiger partial charge in [0, 0.05) is 37.5 Å². The van der Waals surface area contributed by atoms with Crippen LogP contribution in [0.4, 0.5) is 10.5 Å². The molecule has 0 aliphatic carbocycles. The van der Waals surface area contributed by atoms with Gasteiger partial charge in [0.25, 0.3) is 5.91 Å². The van der Waals surface area contributed by atoms with E-state index in [4.69, 9.17) is 14.2 Å². The number of aromatic nitrogens is 1. The predicted molar refractivity (Wildman–Crippen MR) is 120 cm³/mol. The number of amides is 3. The van der Waals surface area contributed by atoms with E-state index < -0.39 is 6.10 Å². The summed E-state index contributed by atoms with van der Waals surface area (Å²) in [5.41, 5.74) is 0.922. The normalized spacial score (nSPS) is 20.2. The number of fused-ring (bicyclic) bond motifs is 2. The Hall–Kier alpha value is -3.53. The molecule has 2 aliphatic rings. The van der Waals surface area contributed by atoms with E-state index in [0.29, 0.717) is 29.3 Å². The van der Waals surface area contributed by atoms with E-state index in [9.17, 15) is 14.7 Å². The van der Waals surface area contributed by atoms with Crippen LogP contribution in [0.15, 0.2) is 36.5 Å². The van der Waals surface area contributed by atoms with E-state index in [1.54, 1.807) is 55.4 Å². The van der Waals surface area contributed by atoms with Crippen LogP contribution in [0.2, 0.25) is 0 Å². The number of hydrogen-bond donors (Lipinski definition) is 2. The van der Waals surface area contributed by atoms with Crippen molar-refractivity contribution in [2.24, 2.45) is 5.92 Å². The molecule has 10 nitrogen and oxygen atoms in total. The zero-order valence-electron chi connectivity index (χ0n) is 18.9. The number of pyridine rings is 1. The zero-order valence-corrected chi connectivity index (χ0v) is 18.9. The fourth-order valence-corrected chi connectivity index (χ4v) is 3.81. The van der Waals surface area contributed by atoms with Gasteiger partial charge in [0.1, 0.15) is 11.7 Å². The van der Waals surface area contributed by atoms with Crippen LogP contribution in [0.1, 0.15) is 24.2 Å². The van der Waals surface area contributed by atoms with E-state index in [-0.39, 0.29) is 49.7 Å². The van der Waals surface area contributed by atoms with E-state index in [0.717, 1.165) is 0 Å². The third kappa shape index (κ3) is 4.80. The standard InChI is InChI=1S/C23H28N4O6/c1-14-10-27(15(2)12-28)22(29)17-5-4-8-24-21(17)33-20(14)11-26(3)23(30)25-16-6-7-18-19(9-16)32-13-31-18/h4-9,14-15,20,28H,10-13H2,1-3H3,(H,25,30)/t14-,15+,20-/m0/s1. The number of aliphatic hydroxyl groups excluding tert-OH is 1. The molecule has 33 heavy (non-hydrogen) atoms. The maximum absolute atomic E-state index is 13.1. The summed E-state index contributed by atoms with van der Waals surface area (Å²) >= 11 is 0. The topological polar surface area (TPSA) is 113 Å². The van der Waals surface area contributed by atoms with Crippen molar-refractivity contribution in [2.45, 2.75) is 26.0 Å². The minimum Gasteiger partial charge on any atom is -0.472 e. The Kier molecular flexibility index (Phi) is 6.55. The average Bonchev–Trinajstić information content (AvgIpc) is 3.28. The molecule has 3 amide bonds. The molecule has 10 heteroatoms. The Balaban J connectivity index is 1.49. The van der Waals surface area contributed by atoms with E-state index in [1.807, 2.05) is 6.92 Å². The Labute approximate surface area is 192 Å². The van der Waals surface area contributed by atoms with E-state index >= 15 is 0 Å². The first-order valence-electron chi connectivity index (χ1n) is 10.8. The number of anilines is 1. The maximum Gasteiger partial charge on any atom is 0.321 e. The molecule has 176 valence electrons. The molecule has 2 N–H and O–H groups in total. The molecule has 4 rings (SSSR count). The van der Waals surface area contributed by atoms with Crippen LogP contribution in [0.5, 0.6) is 17.4 Å². The van der Waals surface area contributed by atoms with Gasteiger partial charge in [0.05, 0.1) is 19.2 Å². The Morgan fingerprint density at radius 1 is 1.33 bits per heavy atom. The molecule has 1 aromatic carbocycles. The highest BCUT2D eigenvalue weighted by Gasteiger charge is 2.34. The van der Waals surface area contributed by atoms with Gasteiger partial charge < -0.3 is 34.4 Å². The van der Waals surface area contributed by atoms with Crippen molar-refractivity contribution in [3.05, 3.63) is 42.1 Å². The van der Waals surface area contributed by atoms with Gasteiger partial charge in [-0.15, -0.1) is 0 Å². The fourth-order valence-electron chi connectivity index (χ4n) is 3.81. The van der Waals surface area contributed by atoms with E-state index in [1.165, 1.54) is 4.90 Å². The van der Waals surface area contributed by atoms with Crippen molar-refractivity contribution < 1.29 is 28.9 Å². The minimum absolute atomic E-state index is 0.126. The van der Waals surface area contributed by atoms with Crippen LogP contribution in [-0.2, 0) is 0 Å². The first-order chi connectivity index (χ1) is 15.9. The number of likely N-dealkylation sites (N-methyl/N-ethyl adjacent to an activating group) is 1. The molecule has 2 aliphatic heterocycles. The number of urea groups is 1. The first-order valence-corrected chi connectivity index (χ1v) is 10.8. The highest BCUT2D eigenvalue weighted by atomic mass is 16.7. The first kappa shape index (κ1) is 22.7. The highest BCUT2D eigenvalue weighted by molar-refractivity contribution is 5.96. The van der Waals surface area contributed by atoms with Gasteiger partial charge in [-0.1, -0.05) is 6.92 Å². The predicted octanol–water partition coefficient (Wildman–Crippen LogP) is 2.19. The van der Waals surface area contributed by atoms with E-state index in [2.05, 4.69) is 10.3 Å². The summed E-state index contributed by atoms with van der Waals surface area (Å²) in [5, 5.41) is 12.5. The molecule has 0 bridgehead atoms. The Morgan fingerprint density at radius 3 is 2.91 bits per heavy atom. The zero-order chi connectivity index (χ0) is 23.5. The third-order valence-corrected chi connectivity index (χ3v) is 5.87. The number of nitrogens with zero attached hydrogens (tertiary/aromatic N) is 3. The molecule has 0 saturated heterocycles. The van der Waals surface area contributed by atoms with Gasteiger partial charge >= 0.3 is 6.03 Å². The maximum atomic E-state index is 13.1. The van der Waals surface area contributed by atoms with Crippen molar-refractivity contribution in [3.63, 3.8) is 0 Å². The molecule has 0 spiro atoms. The second kappa shape index (κ2) is 9.53. The minimum atomic E-state index is -0.423. The van der Waals surface area contributed by atoms with Crippen LogP contribution in [0.3, 0.4) is 0 Å². The molecule has 0 fully saturated rings. The van der Waals surface area contributed by atoms with Gasteiger partial charge in [0.2, 0.25) is 12.7 Å². The Morgan fingerprint density at radius 2 is 2.12 bits per heavy atom. The largest absolute Gasteiger partial charge is 0.472 e. The van der Waals surface area contributed by atoms with Gasteiger partial charge in [-0.2, -0.15) is 0 Å². The van der Waals surface area contributed by atoms with Gasteiger partial charge in [0.15, 0.2) is 11.5 Å². The molecule has 0 radical (unpaired) electrons. The van der Waals surface area contributed by atoms with Crippen molar-refractivity contribution in [2.75, 3.05) is 38.9 Å². The fraction of sp³-hybridized carbons (Fsp3) is 0.435. The lowest BCUT2D eigenvalue weighted by molar-refractivity contribution is 0.0356. The molecule has 0 unspecified atom stereocenters.